The number of carboxylic acids is 1. The molecule has 2 aromatic rings. The van der Waals surface area contributed by atoms with Crippen molar-refractivity contribution in [3.8, 4) is 11.5 Å². The van der Waals surface area contributed by atoms with E-state index in [2.05, 4.69) is 10.2 Å². The Balaban J connectivity index is 2.06. The second-order valence-electron chi connectivity index (χ2n) is 3.37. The van der Waals surface area contributed by atoms with E-state index in [0.29, 0.717) is 28.1 Å². The Morgan fingerprint density at radius 2 is 2.17 bits per heavy atom. The predicted molar refractivity (Wildman–Crippen MR) is 68.5 cm³/mol. The van der Waals surface area contributed by atoms with Gasteiger partial charge in [0.15, 0.2) is 0 Å². The fourth-order valence-corrected chi connectivity index (χ4v) is 2.07. The Hall–Kier alpha value is -1.53. The van der Waals surface area contributed by atoms with Gasteiger partial charge in [0.05, 0.1) is 22.1 Å². The van der Waals surface area contributed by atoms with E-state index < -0.39 is 5.97 Å². The normalized spacial score (nSPS) is 10.5. The number of benzene rings is 1. The van der Waals surface area contributed by atoms with E-state index in [-0.39, 0.29) is 5.75 Å². The lowest BCUT2D eigenvalue weighted by molar-refractivity contribution is -0.133. The van der Waals surface area contributed by atoms with E-state index in [9.17, 15) is 4.79 Å². The van der Waals surface area contributed by atoms with Crippen LogP contribution in [0.25, 0.3) is 11.5 Å². The molecule has 2 rings (SSSR count). The molecule has 5 nitrogen and oxygen atoms in total. The van der Waals surface area contributed by atoms with Gasteiger partial charge in [-0.15, -0.1) is 22.0 Å². The maximum absolute atomic E-state index is 10.4. The Bertz CT molecular complexity index is 559. The molecular weight excluding hydrogens is 276 g/mol. The second-order valence-corrected chi connectivity index (χ2v) is 4.76. The van der Waals surface area contributed by atoms with Crippen molar-refractivity contribution in [2.45, 2.75) is 5.75 Å². The van der Waals surface area contributed by atoms with Crippen molar-refractivity contribution in [3.05, 3.63) is 35.2 Å². The van der Waals surface area contributed by atoms with Crippen LogP contribution in [0.3, 0.4) is 0 Å². The van der Waals surface area contributed by atoms with E-state index in [1.807, 2.05) is 12.1 Å². The molecule has 0 bridgehead atoms. The highest BCUT2D eigenvalue weighted by molar-refractivity contribution is 7.99. The summed E-state index contributed by atoms with van der Waals surface area (Å²) in [7, 11) is 0. The molecule has 0 saturated heterocycles. The van der Waals surface area contributed by atoms with Gasteiger partial charge in [0, 0.05) is 0 Å². The standard InChI is InChI=1S/C11H9ClN2O3S/c12-8-4-2-1-3-7(8)11-14-13-9(17-11)5-18-6-10(15)16/h1-4H,5-6H2,(H,15,16). The fourth-order valence-electron chi connectivity index (χ4n) is 1.28. The van der Waals surface area contributed by atoms with E-state index in [1.54, 1.807) is 12.1 Å². The first kappa shape index (κ1) is 12.9. The molecule has 1 N–H and O–H groups in total. The zero-order valence-electron chi connectivity index (χ0n) is 9.17. The number of hydrogen-bond acceptors (Lipinski definition) is 5. The van der Waals surface area contributed by atoms with Gasteiger partial charge in [-0.05, 0) is 12.1 Å². The average molecular weight is 285 g/mol. The monoisotopic (exact) mass is 284 g/mol. The van der Waals surface area contributed by atoms with Crippen LogP contribution in [-0.2, 0) is 10.5 Å². The van der Waals surface area contributed by atoms with Crippen molar-refractivity contribution in [1.29, 1.82) is 0 Å². The molecule has 0 aliphatic rings. The smallest absolute Gasteiger partial charge is 0.313 e. The molecule has 7 heteroatoms. The van der Waals surface area contributed by atoms with Gasteiger partial charge in [-0.1, -0.05) is 23.7 Å². The molecule has 0 aliphatic carbocycles. The summed E-state index contributed by atoms with van der Waals surface area (Å²) in [5.74, 6) is 0.224. The number of hydrogen-bond donors (Lipinski definition) is 1. The molecule has 0 amide bonds. The molecule has 1 aromatic carbocycles. The molecule has 1 heterocycles. The minimum Gasteiger partial charge on any atom is -0.481 e. The minimum atomic E-state index is -0.870. The first-order chi connectivity index (χ1) is 8.66. The van der Waals surface area contributed by atoms with Gasteiger partial charge in [0.25, 0.3) is 0 Å². The fraction of sp³-hybridized carbons (Fsp3) is 0.182. The average Bonchev–Trinajstić information content (AvgIpc) is 2.78. The SMILES string of the molecule is O=C(O)CSCc1nnc(-c2ccccc2Cl)o1. The van der Waals surface area contributed by atoms with Crippen molar-refractivity contribution in [2.75, 3.05) is 5.75 Å². The first-order valence-corrected chi connectivity index (χ1v) is 6.57. The topological polar surface area (TPSA) is 76.2 Å². The number of carboxylic acid groups (broad SMARTS) is 1. The van der Waals surface area contributed by atoms with Crippen LogP contribution in [0.2, 0.25) is 5.02 Å². The summed E-state index contributed by atoms with van der Waals surface area (Å²) in [6.45, 7) is 0. The van der Waals surface area contributed by atoms with Gasteiger partial charge in [-0.25, -0.2) is 0 Å². The Morgan fingerprint density at radius 3 is 2.89 bits per heavy atom. The maximum atomic E-state index is 10.4. The highest BCUT2D eigenvalue weighted by Crippen LogP contribution is 2.26. The molecule has 0 aliphatic heterocycles. The molecule has 0 spiro atoms. The van der Waals surface area contributed by atoms with Crippen LogP contribution in [-0.4, -0.2) is 27.0 Å². The van der Waals surface area contributed by atoms with Crippen molar-refractivity contribution < 1.29 is 14.3 Å². The molecule has 1 aromatic heterocycles. The number of nitrogens with zero attached hydrogens (tertiary/aromatic N) is 2. The molecule has 0 saturated carbocycles. The maximum Gasteiger partial charge on any atom is 0.313 e. The molecular formula is C11H9ClN2O3S. The Kier molecular flexibility index (Phi) is 4.22. The summed E-state index contributed by atoms with van der Waals surface area (Å²) in [5.41, 5.74) is 0.668. The molecule has 0 radical (unpaired) electrons. The van der Waals surface area contributed by atoms with Crippen molar-refractivity contribution in [3.63, 3.8) is 0 Å². The summed E-state index contributed by atoms with van der Waals surface area (Å²) in [6, 6.07) is 7.15. The highest BCUT2D eigenvalue weighted by atomic mass is 35.5. The van der Waals surface area contributed by atoms with Crippen LogP contribution >= 0.6 is 23.4 Å². The molecule has 18 heavy (non-hydrogen) atoms. The van der Waals surface area contributed by atoms with Crippen LogP contribution in [0, 0.1) is 0 Å². The number of thioether (sulfide) groups is 1. The Morgan fingerprint density at radius 1 is 1.39 bits per heavy atom. The van der Waals surface area contributed by atoms with Crippen LogP contribution in [0.15, 0.2) is 28.7 Å². The second kappa shape index (κ2) is 5.88. The van der Waals surface area contributed by atoms with E-state index in [0.717, 1.165) is 0 Å². The minimum absolute atomic E-state index is 0.00378. The van der Waals surface area contributed by atoms with Crippen molar-refractivity contribution >= 4 is 29.3 Å². The van der Waals surface area contributed by atoms with E-state index >= 15 is 0 Å². The van der Waals surface area contributed by atoms with Crippen LogP contribution in [0.1, 0.15) is 5.89 Å². The number of carbonyl (C=O) groups is 1. The van der Waals surface area contributed by atoms with Gasteiger partial charge >= 0.3 is 5.97 Å². The zero-order chi connectivity index (χ0) is 13.0. The van der Waals surface area contributed by atoms with Crippen LogP contribution in [0.5, 0.6) is 0 Å². The summed E-state index contributed by atoms with van der Waals surface area (Å²) in [6.07, 6.45) is 0. The van der Waals surface area contributed by atoms with Crippen LogP contribution in [0.4, 0.5) is 0 Å². The summed E-state index contributed by atoms with van der Waals surface area (Å²) >= 11 is 7.20. The Labute approximate surface area is 112 Å². The van der Waals surface area contributed by atoms with Gasteiger partial charge in [-0.2, -0.15) is 0 Å². The molecule has 0 unspecified atom stereocenters. The highest BCUT2D eigenvalue weighted by Gasteiger charge is 2.11. The lowest BCUT2D eigenvalue weighted by Gasteiger charge is -1.96. The number of halogens is 1. The summed E-state index contributed by atoms with van der Waals surface area (Å²) < 4.78 is 5.41. The molecule has 0 atom stereocenters. The van der Waals surface area contributed by atoms with Crippen molar-refractivity contribution in [2.24, 2.45) is 0 Å². The third-order valence-corrected chi connectivity index (χ3v) is 3.25. The largest absolute Gasteiger partial charge is 0.481 e. The molecule has 94 valence electrons. The lowest BCUT2D eigenvalue weighted by Crippen LogP contribution is -1.98. The molecule has 0 fully saturated rings. The number of rotatable bonds is 5. The summed E-state index contributed by atoms with van der Waals surface area (Å²) in [4.78, 5) is 10.4. The van der Waals surface area contributed by atoms with Gasteiger partial charge < -0.3 is 9.52 Å². The summed E-state index contributed by atoms with van der Waals surface area (Å²) in [5, 5.41) is 16.8. The van der Waals surface area contributed by atoms with E-state index in [4.69, 9.17) is 21.1 Å². The van der Waals surface area contributed by atoms with Gasteiger partial charge in [-0.3, -0.25) is 4.79 Å². The number of aliphatic carboxylic acids is 1. The predicted octanol–water partition coefficient (Wildman–Crippen LogP) is 2.71. The number of aromatic nitrogens is 2. The third-order valence-electron chi connectivity index (χ3n) is 2.02. The van der Waals surface area contributed by atoms with Gasteiger partial charge in [0.2, 0.25) is 11.8 Å². The quantitative estimate of drug-likeness (QED) is 0.910. The van der Waals surface area contributed by atoms with Crippen LogP contribution < -0.4 is 0 Å². The van der Waals surface area contributed by atoms with Crippen molar-refractivity contribution in [1.82, 2.24) is 10.2 Å². The zero-order valence-corrected chi connectivity index (χ0v) is 10.7. The van der Waals surface area contributed by atoms with E-state index in [1.165, 1.54) is 11.8 Å². The first-order valence-electron chi connectivity index (χ1n) is 5.03. The lowest BCUT2D eigenvalue weighted by atomic mass is 10.2. The van der Waals surface area contributed by atoms with Gasteiger partial charge in [0.1, 0.15) is 0 Å². The third kappa shape index (κ3) is 3.24.